The number of anilines is 1. The lowest BCUT2D eigenvalue weighted by atomic mass is 9.95. The molecule has 1 aliphatic carbocycles. The molecule has 0 radical (unpaired) electrons. The van der Waals surface area contributed by atoms with Crippen LogP contribution in [0.2, 0.25) is 0 Å². The Kier molecular flexibility index (Phi) is 5.03. The first-order chi connectivity index (χ1) is 11.6. The van der Waals surface area contributed by atoms with Crippen molar-refractivity contribution in [2.24, 2.45) is 0 Å². The fourth-order valence-corrected chi connectivity index (χ4v) is 4.39. The van der Waals surface area contributed by atoms with Crippen molar-refractivity contribution >= 4 is 28.9 Å². The molecule has 1 aliphatic rings. The maximum atomic E-state index is 12.5. The molecule has 2 heterocycles. The van der Waals surface area contributed by atoms with Crippen LogP contribution in [-0.4, -0.2) is 31.4 Å². The van der Waals surface area contributed by atoms with Crippen LogP contribution in [0.25, 0.3) is 5.65 Å². The van der Waals surface area contributed by atoms with E-state index in [0.29, 0.717) is 10.9 Å². The zero-order valence-corrected chi connectivity index (χ0v) is 14.3. The van der Waals surface area contributed by atoms with Gasteiger partial charge >= 0.3 is 11.2 Å². The van der Waals surface area contributed by atoms with E-state index >= 15 is 0 Å². The molecule has 1 N–H and O–H groups in total. The Morgan fingerprint density at radius 3 is 2.96 bits per heavy atom. The number of nitro groups is 1. The number of fused-ring (bicyclic) bond motifs is 1. The third-order valence-corrected chi connectivity index (χ3v) is 5.62. The zero-order chi connectivity index (χ0) is 17.1. The molecule has 0 aromatic carbocycles. The van der Waals surface area contributed by atoms with Crippen molar-refractivity contribution in [1.29, 1.82) is 0 Å². The topological polar surface area (TPSA) is 89.5 Å². The summed E-state index contributed by atoms with van der Waals surface area (Å²) in [5.41, 5.74) is -0.723. The quantitative estimate of drug-likeness (QED) is 0.660. The Hall–Kier alpha value is -2.09. The molecule has 0 aliphatic heterocycles. The minimum atomic E-state index is -0.649. The first-order valence-corrected chi connectivity index (χ1v) is 9.20. The lowest BCUT2D eigenvalue weighted by Crippen LogP contribution is -2.36. The number of hydrogen-bond acceptors (Lipinski definition) is 6. The molecule has 1 fully saturated rings. The van der Waals surface area contributed by atoms with Gasteiger partial charge in [0, 0.05) is 17.5 Å². The van der Waals surface area contributed by atoms with Crippen LogP contribution in [0, 0.1) is 10.1 Å². The monoisotopic (exact) mass is 348 g/mol. The summed E-state index contributed by atoms with van der Waals surface area (Å²) in [7, 11) is 0. The van der Waals surface area contributed by atoms with Crippen molar-refractivity contribution in [1.82, 2.24) is 9.38 Å². The Labute approximate surface area is 143 Å². The number of nitrogens with zero attached hydrogens (tertiary/aromatic N) is 3. The van der Waals surface area contributed by atoms with Crippen LogP contribution in [0.1, 0.15) is 32.6 Å². The lowest BCUT2D eigenvalue weighted by Gasteiger charge is -2.31. The van der Waals surface area contributed by atoms with Gasteiger partial charge in [0.25, 0.3) is 0 Å². The minimum Gasteiger partial charge on any atom is -0.360 e. The number of thioether (sulfide) groups is 1. The van der Waals surface area contributed by atoms with Gasteiger partial charge in [-0.2, -0.15) is 11.8 Å². The van der Waals surface area contributed by atoms with Crippen molar-refractivity contribution in [3.05, 3.63) is 44.9 Å². The van der Waals surface area contributed by atoms with Gasteiger partial charge in [0.05, 0.1) is 4.92 Å². The van der Waals surface area contributed by atoms with Crippen molar-refractivity contribution < 1.29 is 4.92 Å². The van der Waals surface area contributed by atoms with E-state index in [9.17, 15) is 14.9 Å². The Morgan fingerprint density at radius 2 is 2.21 bits per heavy atom. The van der Waals surface area contributed by atoms with Gasteiger partial charge in [0.1, 0.15) is 5.65 Å². The fourth-order valence-electron chi connectivity index (χ4n) is 3.20. The van der Waals surface area contributed by atoms with E-state index in [1.807, 2.05) is 11.8 Å². The zero-order valence-electron chi connectivity index (χ0n) is 13.5. The summed E-state index contributed by atoms with van der Waals surface area (Å²) in [6, 6.07) is 5.19. The summed E-state index contributed by atoms with van der Waals surface area (Å²) in [5.74, 6) is 1.09. The number of pyridine rings is 1. The lowest BCUT2D eigenvalue weighted by molar-refractivity contribution is -0.385. The minimum absolute atomic E-state index is 0.0878. The molecule has 2 aromatic rings. The molecule has 1 saturated carbocycles. The Bertz CT molecular complexity index is 805. The van der Waals surface area contributed by atoms with Crippen LogP contribution in [0.15, 0.2) is 29.2 Å². The van der Waals surface area contributed by atoms with Crippen LogP contribution < -0.4 is 10.9 Å². The second-order valence-electron chi connectivity index (χ2n) is 5.83. The summed E-state index contributed by atoms with van der Waals surface area (Å²) in [4.78, 5) is 27.6. The molecule has 3 rings (SSSR count). The third kappa shape index (κ3) is 3.24. The van der Waals surface area contributed by atoms with Crippen LogP contribution in [0.5, 0.6) is 0 Å². The highest BCUT2D eigenvalue weighted by Crippen LogP contribution is 2.32. The van der Waals surface area contributed by atoms with Crippen LogP contribution >= 0.6 is 11.8 Å². The first-order valence-electron chi connectivity index (χ1n) is 8.15. The molecule has 0 spiro atoms. The van der Waals surface area contributed by atoms with Gasteiger partial charge in [0.2, 0.25) is 5.82 Å². The molecule has 0 bridgehead atoms. The normalized spacial score (nSPS) is 20.9. The largest absolute Gasteiger partial charge is 0.376 e. The van der Waals surface area contributed by atoms with Gasteiger partial charge in [-0.25, -0.2) is 4.98 Å². The number of aromatic nitrogens is 2. The number of hydrogen-bond donors (Lipinski definition) is 1. The molecule has 0 saturated heterocycles. The molecular weight excluding hydrogens is 328 g/mol. The predicted molar refractivity (Wildman–Crippen MR) is 95.9 cm³/mol. The molecule has 2 aromatic heterocycles. The summed E-state index contributed by atoms with van der Waals surface area (Å²) in [6.07, 6.45) is 5.77. The second kappa shape index (κ2) is 7.21. The van der Waals surface area contributed by atoms with E-state index in [0.717, 1.165) is 25.0 Å². The van der Waals surface area contributed by atoms with Gasteiger partial charge < -0.3 is 5.32 Å². The summed E-state index contributed by atoms with van der Waals surface area (Å²) >= 11 is 1.86. The predicted octanol–water partition coefficient (Wildman–Crippen LogP) is 3.08. The van der Waals surface area contributed by atoms with E-state index in [-0.39, 0.29) is 11.9 Å². The van der Waals surface area contributed by atoms with Gasteiger partial charge in [0.15, 0.2) is 0 Å². The smallest absolute Gasteiger partial charge is 0.360 e. The summed E-state index contributed by atoms with van der Waals surface area (Å²) in [6.45, 7) is 2.11. The molecule has 7 nitrogen and oxygen atoms in total. The van der Waals surface area contributed by atoms with E-state index in [4.69, 9.17) is 0 Å². The molecule has 0 unspecified atom stereocenters. The van der Waals surface area contributed by atoms with E-state index in [2.05, 4.69) is 17.2 Å². The van der Waals surface area contributed by atoms with Crippen molar-refractivity contribution in [3.8, 4) is 0 Å². The first kappa shape index (κ1) is 16.8. The maximum absolute atomic E-state index is 12.5. The molecule has 2 atom stereocenters. The highest BCUT2D eigenvalue weighted by Gasteiger charge is 2.30. The molecule has 0 amide bonds. The van der Waals surface area contributed by atoms with Crippen LogP contribution in [-0.2, 0) is 0 Å². The maximum Gasteiger partial charge on any atom is 0.376 e. The highest BCUT2D eigenvalue weighted by molar-refractivity contribution is 7.99. The second-order valence-corrected chi connectivity index (χ2v) is 7.35. The molecule has 24 heavy (non-hydrogen) atoms. The van der Waals surface area contributed by atoms with Crippen molar-refractivity contribution in [2.75, 3.05) is 11.1 Å². The van der Waals surface area contributed by atoms with E-state index in [1.54, 1.807) is 18.2 Å². The average Bonchev–Trinajstić information content (AvgIpc) is 2.57. The SMILES string of the molecule is CCS[C@@H]1CCCC[C@@H]1Nc1nc2ccccn2c(=O)c1[N+](=O)[O-]. The molecule has 8 heteroatoms. The third-order valence-electron chi connectivity index (χ3n) is 4.30. The number of nitrogens with one attached hydrogen (secondary N) is 1. The van der Waals surface area contributed by atoms with E-state index < -0.39 is 16.2 Å². The van der Waals surface area contributed by atoms with E-state index in [1.165, 1.54) is 17.0 Å². The standard InChI is InChI=1S/C16H20N4O3S/c1-2-24-12-8-4-3-7-11(12)17-15-14(20(22)23)16(21)19-10-6-5-9-13(19)18-15/h5-6,9-12,17H,2-4,7-8H2,1H3/t11-,12+/m0/s1. The highest BCUT2D eigenvalue weighted by atomic mass is 32.2. The Balaban J connectivity index is 2.03. The van der Waals surface area contributed by atoms with Gasteiger partial charge in [-0.05, 0) is 30.7 Å². The summed E-state index contributed by atoms with van der Waals surface area (Å²) < 4.78 is 1.21. The molecular formula is C16H20N4O3S. The molecule has 128 valence electrons. The summed E-state index contributed by atoms with van der Waals surface area (Å²) in [5, 5.41) is 15.0. The van der Waals surface area contributed by atoms with Gasteiger partial charge in [-0.15, -0.1) is 0 Å². The van der Waals surface area contributed by atoms with Crippen molar-refractivity contribution in [2.45, 2.75) is 43.9 Å². The average molecular weight is 348 g/mol. The number of rotatable bonds is 5. The van der Waals surface area contributed by atoms with Gasteiger partial charge in [-0.1, -0.05) is 25.8 Å². The Morgan fingerprint density at radius 1 is 1.42 bits per heavy atom. The van der Waals surface area contributed by atoms with Crippen LogP contribution in [0.4, 0.5) is 11.5 Å². The fraction of sp³-hybridized carbons (Fsp3) is 0.500. The van der Waals surface area contributed by atoms with Gasteiger partial charge in [-0.3, -0.25) is 19.3 Å². The van der Waals surface area contributed by atoms with Crippen molar-refractivity contribution in [3.63, 3.8) is 0 Å². The van der Waals surface area contributed by atoms with Crippen LogP contribution in [0.3, 0.4) is 0 Å².